The van der Waals surface area contributed by atoms with E-state index in [0.717, 1.165) is 116 Å². The van der Waals surface area contributed by atoms with Crippen LogP contribution in [0.5, 0.6) is 0 Å². The van der Waals surface area contributed by atoms with Gasteiger partial charge in [0.05, 0.1) is 39.6 Å². The number of rotatable bonds is 31. The number of methoxy groups -OCH3 is 6. The Hall–Kier alpha value is -11.5. The fourth-order valence-corrected chi connectivity index (χ4v) is 14.5. The number of halogens is 5. The van der Waals surface area contributed by atoms with E-state index >= 15 is 0 Å². The van der Waals surface area contributed by atoms with E-state index in [1.54, 1.807) is 113 Å². The maximum absolute atomic E-state index is 12.5. The topological polar surface area (TPSA) is 234 Å². The molecule has 0 saturated heterocycles. The number of nitrogens with two attached hydrogens (primary N) is 1. The minimum absolute atomic E-state index is 0.0273. The molecule has 0 aliphatic carbocycles. The van der Waals surface area contributed by atoms with Crippen molar-refractivity contribution in [3.05, 3.63) is 352 Å². The highest BCUT2D eigenvalue weighted by molar-refractivity contribution is 6.32. The Morgan fingerprint density at radius 1 is 0.285 bits per heavy atom. The van der Waals surface area contributed by atoms with Crippen LogP contribution in [0, 0.1) is 0 Å². The molecule has 19 nitrogen and oxygen atoms in total. The Bertz CT molecular complexity index is 5710. The second-order valence-corrected chi connectivity index (χ2v) is 32.6. The van der Waals surface area contributed by atoms with Crippen molar-refractivity contribution in [3.8, 4) is 66.8 Å². The van der Waals surface area contributed by atoms with Crippen molar-refractivity contribution in [1.82, 2.24) is 19.6 Å². The van der Waals surface area contributed by atoms with Gasteiger partial charge >= 0.3 is 0 Å². The van der Waals surface area contributed by atoms with Gasteiger partial charge in [-0.05, 0) is 254 Å². The molecule has 0 atom stereocenters. The molecule has 0 saturated carbocycles. The van der Waals surface area contributed by atoms with Crippen LogP contribution in [0.2, 0.25) is 25.1 Å². The number of aliphatic hydroxyl groups excluding tert-OH is 1. The first-order chi connectivity index (χ1) is 62.4. The lowest BCUT2D eigenvalue weighted by atomic mass is 9.95. The highest BCUT2D eigenvalue weighted by Crippen LogP contribution is 2.35. The van der Waals surface area contributed by atoms with Gasteiger partial charge in [-0.25, -0.2) is 0 Å². The zero-order chi connectivity index (χ0) is 95.1. The van der Waals surface area contributed by atoms with E-state index in [2.05, 4.69) is 0 Å². The van der Waals surface area contributed by atoms with Gasteiger partial charge in [-0.15, -0.1) is 0 Å². The molecule has 0 radical (unpaired) electrons. The van der Waals surface area contributed by atoms with Gasteiger partial charge in [0, 0.05) is 182 Å². The van der Waals surface area contributed by atoms with Crippen LogP contribution in [0.15, 0.2) is 255 Å². The molecule has 12 rings (SSSR count). The minimum Gasteiger partial charge on any atom is -0.396 e. The molecule has 0 aliphatic rings. The quantitative estimate of drug-likeness (QED) is 0.0385. The number of hydrogen-bond acceptors (Lipinski definition) is 14. The fourth-order valence-electron chi connectivity index (χ4n) is 13.8. The van der Waals surface area contributed by atoms with Crippen LogP contribution in [0.1, 0.15) is 146 Å². The number of benzene rings is 12. The van der Waals surface area contributed by atoms with E-state index in [-0.39, 0.29) is 41.8 Å². The molecule has 5 amide bonds. The smallest absolute Gasteiger partial charge is 0.253 e. The molecule has 0 unspecified atom stereocenters. The van der Waals surface area contributed by atoms with Crippen molar-refractivity contribution in [2.45, 2.75) is 79.7 Å². The summed E-state index contributed by atoms with van der Waals surface area (Å²) in [6.45, 7) is 9.97. The predicted molar refractivity (Wildman–Crippen MR) is 526 cm³/mol. The first-order valence-corrected chi connectivity index (χ1v) is 43.8. The molecule has 0 aromatic heterocycles. The molecule has 0 fully saturated rings. The highest BCUT2D eigenvalue weighted by atomic mass is 35.5. The summed E-state index contributed by atoms with van der Waals surface area (Å²) in [5, 5.41) is 12.4. The summed E-state index contributed by atoms with van der Waals surface area (Å²) >= 11 is 29.7. The minimum atomic E-state index is -0.458. The standard InChI is InChI=1S/C20H24N2O3.C19H22ClNO2.C18H19ClO3.C18H20N2O3.C17H17ClO2.C14H12Cl2O/c1-21(2)19(23)15-8-6-14(7-9-15)18-11-10-16(20(24)22(3)4)12-17(18)13-25-5;1-4-21(5-2)19(22)15-8-11-18(16(12-15)13-23-3)14-6-9-17(20)10-7-14;1-22-12-15-11-14(18(21)3-2-10-20)6-9-17(15)13-4-7-16(19)8-5-13;1-20(2)18(22)14-8-9-16(15(10-14)11-23-3)12-4-6-13(7-5-12)17(19)21;1-3-17(19)13-6-9-16(14(10-13)11-20-2)12-4-7-15(18)8-5-12;1-17-9-11-8-13(16)6-7-14(11)10-2-4-12(15)5-3-10/h6-12H,13H2,1-5H3;6-12H,4-5,13H2,1-3H3;4-9,11,20H,2-3,10,12H2,1H3;4-10H,11H2,1-3H3,(H2,19,21);4-10H,3,11H2,1-2H3;2-8H,9H2,1H3. The number of primary amides is 1. The van der Waals surface area contributed by atoms with Crippen LogP contribution in [0.4, 0.5) is 0 Å². The van der Waals surface area contributed by atoms with Crippen molar-refractivity contribution in [2.75, 3.05) is 105 Å². The normalized spacial score (nSPS) is 10.5. The number of Topliss-reactive ketones (excluding diaryl/α,β-unsaturated/α-hetero) is 2. The van der Waals surface area contributed by atoms with Crippen LogP contribution in [-0.4, -0.2) is 170 Å². The zero-order valence-corrected chi connectivity index (χ0v) is 80.0. The van der Waals surface area contributed by atoms with Gasteiger partial charge < -0.3 is 58.9 Å². The summed E-state index contributed by atoms with van der Waals surface area (Å²) in [7, 11) is 20.2. The van der Waals surface area contributed by atoms with Crippen molar-refractivity contribution in [2.24, 2.45) is 5.73 Å². The van der Waals surface area contributed by atoms with Crippen LogP contribution in [0.25, 0.3) is 66.8 Å². The third kappa shape index (κ3) is 31.4. The van der Waals surface area contributed by atoms with E-state index < -0.39 is 5.91 Å². The summed E-state index contributed by atoms with van der Waals surface area (Å²) in [6, 6.07) is 79.2. The fraction of sp³-hybridized carbons (Fsp3) is 0.255. The van der Waals surface area contributed by atoms with Gasteiger partial charge in [-0.3, -0.25) is 33.6 Å². The lowest BCUT2D eigenvalue weighted by Crippen LogP contribution is -2.30. The molecule has 130 heavy (non-hydrogen) atoms. The number of hydrogen-bond donors (Lipinski definition) is 2. The number of amides is 5. The van der Waals surface area contributed by atoms with Crippen LogP contribution in [0.3, 0.4) is 0 Å². The van der Waals surface area contributed by atoms with Gasteiger partial charge in [0.25, 0.3) is 23.6 Å². The van der Waals surface area contributed by atoms with Gasteiger partial charge in [-0.1, -0.05) is 186 Å². The van der Waals surface area contributed by atoms with Crippen molar-refractivity contribution >= 4 is 99.1 Å². The van der Waals surface area contributed by atoms with Crippen LogP contribution in [-0.2, 0) is 68.1 Å². The first-order valence-electron chi connectivity index (χ1n) is 41.9. The van der Waals surface area contributed by atoms with Gasteiger partial charge in [0.2, 0.25) is 5.91 Å². The molecule has 0 spiro atoms. The molecule has 0 heterocycles. The third-order valence-corrected chi connectivity index (χ3v) is 21.7. The van der Waals surface area contributed by atoms with Gasteiger partial charge in [0.15, 0.2) is 11.6 Å². The number of ether oxygens (including phenoxy) is 6. The second kappa shape index (κ2) is 54.2. The average Bonchev–Trinajstić information content (AvgIpc) is 0.819. The Balaban J connectivity index is 0.000000214. The van der Waals surface area contributed by atoms with Crippen molar-refractivity contribution in [3.63, 3.8) is 0 Å². The maximum Gasteiger partial charge on any atom is 0.253 e. The Labute approximate surface area is 789 Å². The van der Waals surface area contributed by atoms with Crippen molar-refractivity contribution in [1.29, 1.82) is 0 Å². The Kier molecular flexibility index (Phi) is 44.0. The van der Waals surface area contributed by atoms with Gasteiger partial charge in [0.1, 0.15) is 0 Å². The van der Waals surface area contributed by atoms with E-state index in [1.165, 1.54) is 4.90 Å². The summed E-state index contributed by atoms with van der Waals surface area (Å²) in [6.07, 6.45) is 1.34. The molecule has 24 heteroatoms. The first kappa shape index (κ1) is 106. The second-order valence-electron chi connectivity index (χ2n) is 30.4. The number of ketones is 2. The van der Waals surface area contributed by atoms with Crippen LogP contribution >= 0.6 is 58.0 Å². The third-order valence-electron chi connectivity index (χ3n) is 20.5. The van der Waals surface area contributed by atoms with E-state index in [9.17, 15) is 33.6 Å². The van der Waals surface area contributed by atoms with Gasteiger partial charge in [-0.2, -0.15) is 0 Å². The zero-order valence-electron chi connectivity index (χ0n) is 76.2. The van der Waals surface area contributed by atoms with Crippen molar-refractivity contribution < 1.29 is 67.1 Å². The number of carbonyl (C=O) groups is 7. The molecule has 12 aromatic rings. The maximum atomic E-state index is 12.5. The molecule has 12 aromatic carbocycles. The number of nitrogens with zero attached hydrogens (tertiary/aromatic N) is 4. The highest BCUT2D eigenvalue weighted by Gasteiger charge is 2.21. The molecule has 682 valence electrons. The number of carbonyl (C=O) groups excluding carboxylic acids is 7. The predicted octanol–water partition coefficient (Wildman–Crippen LogP) is 23.5. The van der Waals surface area contributed by atoms with E-state index in [0.29, 0.717) is 120 Å². The lowest BCUT2D eigenvalue weighted by molar-refractivity contribution is 0.0770. The molecule has 0 aliphatic heterocycles. The molecular formula is C106H114Cl5N5O14. The van der Waals surface area contributed by atoms with Crippen LogP contribution < -0.4 is 5.73 Å². The largest absolute Gasteiger partial charge is 0.396 e. The monoisotopic (exact) mass is 1860 g/mol. The summed E-state index contributed by atoms with van der Waals surface area (Å²) in [5.41, 5.74) is 27.9. The van der Waals surface area contributed by atoms with E-state index in [4.69, 9.17) is 97.3 Å². The molecule has 3 N–H and O–H groups in total. The lowest BCUT2D eigenvalue weighted by Gasteiger charge is -2.20. The molecule has 0 bridgehead atoms. The summed E-state index contributed by atoms with van der Waals surface area (Å²) in [4.78, 5) is 90.3. The Morgan fingerprint density at radius 3 is 0.769 bits per heavy atom. The molecular weight excluding hydrogens is 1740 g/mol. The average molecular weight is 1860 g/mol. The summed E-state index contributed by atoms with van der Waals surface area (Å²) < 4.78 is 31.5. The Morgan fingerprint density at radius 2 is 0.508 bits per heavy atom. The number of aliphatic hydroxyl groups is 1. The summed E-state index contributed by atoms with van der Waals surface area (Å²) in [5.74, 6) is -0.362. The SMILES string of the molecule is CCC(=O)c1ccc(-c2ccc(Cl)cc2)c(COC)c1.CCN(CC)C(=O)c1ccc(-c2ccc(Cl)cc2)c(COC)c1.COCc1cc(C(=O)CCCO)ccc1-c1ccc(Cl)cc1.COCc1cc(C(=O)N(C)C)ccc1-c1ccc(C(=O)N(C)C)cc1.COCc1cc(C(=O)N(C)C)ccc1-c1ccc(C(N)=O)cc1.COCc1cc(Cl)ccc1-c1ccc(Cl)cc1. The van der Waals surface area contributed by atoms with E-state index in [1.807, 2.05) is 262 Å².